The highest BCUT2D eigenvalue weighted by Crippen LogP contribution is 2.26. The quantitative estimate of drug-likeness (QED) is 0.805. The van der Waals surface area contributed by atoms with Crippen LogP contribution in [0, 0.1) is 6.92 Å². The minimum Gasteiger partial charge on any atom is -0.398 e. The van der Waals surface area contributed by atoms with Crippen LogP contribution in [0.1, 0.15) is 5.82 Å². The van der Waals surface area contributed by atoms with Crippen molar-refractivity contribution in [3.63, 3.8) is 0 Å². The summed E-state index contributed by atoms with van der Waals surface area (Å²) in [5.74, 6) is 1.66. The molecular formula is C10H11BrN4. The van der Waals surface area contributed by atoms with Crippen LogP contribution in [-0.2, 0) is 7.05 Å². The van der Waals surface area contributed by atoms with Crippen molar-refractivity contribution in [2.75, 3.05) is 5.73 Å². The second-order valence-corrected chi connectivity index (χ2v) is 4.28. The third-order valence-electron chi connectivity index (χ3n) is 2.35. The average molecular weight is 267 g/mol. The van der Waals surface area contributed by atoms with Crippen LogP contribution in [0.4, 0.5) is 5.69 Å². The second kappa shape index (κ2) is 3.66. The molecule has 0 spiro atoms. The molecule has 78 valence electrons. The molecule has 1 aromatic carbocycles. The zero-order valence-electron chi connectivity index (χ0n) is 8.53. The first-order valence-electron chi connectivity index (χ1n) is 4.51. The first-order valence-corrected chi connectivity index (χ1v) is 5.30. The first kappa shape index (κ1) is 10.2. The molecule has 2 N–H and O–H groups in total. The van der Waals surface area contributed by atoms with Gasteiger partial charge in [0.1, 0.15) is 5.82 Å². The predicted octanol–water partition coefficient (Wildman–Crippen LogP) is 2.14. The van der Waals surface area contributed by atoms with Gasteiger partial charge in [-0.15, -0.1) is 10.2 Å². The Bertz CT molecular complexity index is 504. The molecule has 0 amide bonds. The summed E-state index contributed by atoms with van der Waals surface area (Å²) in [6, 6.07) is 5.73. The third kappa shape index (κ3) is 1.74. The normalized spacial score (nSPS) is 10.6. The lowest BCUT2D eigenvalue weighted by atomic mass is 10.2. The largest absolute Gasteiger partial charge is 0.398 e. The standard InChI is InChI=1S/C10H11BrN4/c1-6-13-14-10(15(6)2)8-4-3-7(11)5-9(8)12/h3-5H,12H2,1-2H3. The molecule has 0 aliphatic heterocycles. The number of nitrogen functional groups attached to an aromatic ring is 1. The fourth-order valence-electron chi connectivity index (χ4n) is 1.38. The van der Waals surface area contributed by atoms with Crippen molar-refractivity contribution in [2.24, 2.45) is 7.05 Å². The SMILES string of the molecule is Cc1nnc(-c2ccc(Br)cc2N)n1C. The van der Waals surface area contributed by atoms with Gasteiger partial charge in [-0.3, -0.25) is 0 Å². The van der Waals surface area contributed by atoms with Gasteiger partial charge in [-0.25, -0.2) is 0 Å². The maximum atomic E-state index is 5.92. The molecule has 0 atom stereocenters. The van der Waals surface area contributed by atoms with E-state index in [1.54, 1.807) is 0 Å². The van der Waals surface area contributed by atoms with Gasteiger partial charge in [0.05, 0.1) is 0 Å². The Kier molecular flexibility index (Phi) is 2.48. The molecular weight excluding hydrogens is 256 g/mol. The van der Waals surface area contributed by atoms with Gasteiger partial charge in [0.25, 0.3) is 0 Å². The number of halogens is 1. The molecule has 1 aromatic heterocycles. The van der Waals surface area contributed by atoms with Crippen molar-refractivity contribution in [2.45, 2.75) is 6.92 Å². The van der Waals surface area contributed by atoms with Crippen LogP contribution < -0.4 is 5.73 Å². The van der Waals surface area contributed by atoms with E-state index in [-0.39, 0.29) is 0 Å². The molecule has 0 bridgehead atoms. The highest BCUT2D eigenvalue weighted by atomic mass is 79.9. The second-order valence-electron chi connectivity index (χ2n) is 3.36. The number of hydrogen-bond acceptors (Lipinski definition) is 3. The lowest BCUT2D eigenvalue weighted by Crippen LogP contribution is -1.98. The lowest BCUT2D eigenvalue weighted by Gasteiger charge is -2.05. The lowest BCUT2D eigenvalue weighted by molar-refractivity contribution is 0.865. The Morgan fingerprint density at radius 1 is 1.33 bits per heavy atom. The Morgan fingerprint density at radius 2 is 2.07 bits per heavy atom. The number of aryl methyl sites for hydroxylation is 1. The summed E-state index contributed by atoms with van der Waals surface area (Å²) in [6.45, 7) is 1.91. The average Bonchev–Trinajstić information content (AvgIpc) is 2.49. The summed E-state index contributed by atoms with van der Waals surface area (Å²) < 4.78 is 2.88. The van der Waals surface area contributed by atoms with Gasteiger partial charge in [0, 0.05) is 22.8 Å². The van der Waals surface area contributed by atoms with Crippen LogP contribution in [0.3, 0.4) is 0 Å². The van der Waals surface area contributed by atoms with Crippen LogP contribution in [0.25, 0.3) is 11.4 Å². The monoisotopic (exact) mass is 266 g/mol. The molecule has 0 radical (unpaired) electrons. The summed E-state index contributed by atoms with van der Waals surface area (Å²) in [6.07, 6.45) is 0. The molecule has 1 heterocycles. The van der Waals surface area contributed by atoms with Gasteiger partial charge in [0.15, 0.2) is 5.82 Å². The third-order valence-corrected chi connectivity index (χ3v) is 2.84. The Labute approximate surface area is 96.3 Å². The minimum atomic E-state index is 0.694. The molecule has 2 rings (SSSR count). The van der Waals surface area contributed by atoms with Gasteiger partial charge in [-0.05, 0) is 25.1 Å². The van der Waals surface area contributed by atoms with E-state index in [0.29, 0.717) is 5.69 Å². The van der Waals surface area contributed by atoms with Crippen LogP contribution in [-0.4, -0.2) is 14.8 Å². The van der Waals surface area contributed by atoms with Crippen LogP contribution >= 0.6 is 15.9 Å². The van der Waals surface area contributed by atoms with Crippen molar-refractivity contribution in [3.05, 3.63) is 28.5 Å². The molecule has 0 aliphatic carbocycles. The van der Waals surface area contributed by atoms with Crippen LogP contribution in [0.2, 0.25) is 0 Å². The first-order chi connectivity index (χ1) is 7.09. The number of nitrogens with zero attached hydrogens (tertiary/aromatic N) is 3. The minimum absolute atomic E-state index is 0.694. The van der Waals surface area contributed by atoms with E-state index in [0.717, 1.165) is 21.7 Å². The fraction of sp³-hybridized carbons (Fsp3) is 0.200. The molecule has 0 saturated heterocycles. The van der Waals surface area contributed by atoms with Crippen molar-refractivity contribution >= 4 is 21.6 Å². The zero-order valence-corrected chi connectivity index (χ0v) is 10.1. The van der Waals surface area contributed by atoms with E-state index in [1.807, 2.05) is 36.7 Å². The smallest absolute Gasteiger partial charge is 0.165 e. The van der Waals surface area contributed by atoms with Gasteiger partial charge >= 0.3 is 0 Å². The van der Waals surface area contributed by atoms with E-state index in [9.17, 15) is 0 Å². The van der Waals surface area contributed by atoms with E-state index in [4.69, 9.17) is 5.73 Å². The predicted molar refractivity (Wildman–Crippen MR) is 63.3 cm³/mol. The van der Waals surface area contributed by atoms with Crippen LogP contribution in [0.5, 0.6) is 0 Å². The molecule has 0 unspecified atom stereocenters. The van der Waals surface area contributed by atoms with E-state index < -0.39 is 0 Å². The molecule has 0 aliphatic rings. The number of hydrogen-bond donors (Lipinski definition) is 1. The number of anilines is 1. The highest BCUT2D eigenvalue weighted by Gasteiger charge is 2.10. The summed E-state index contributed by atoms with van der Waals surface area (Å²) in [7, 11) is 1.92. The number of aromatic nitrogens is 3. The summed E-state index contributed by atoms with van der Waals surface area (Å²) in [5, 5.41) is 8.10. The Morgan fingerprint density at radius 3 is 2.60 bits per heavy atom. The number of rotatable bonds is 1. The van der Waals surface area contributed by atoms with Gasteiger partial charge in [0.2, 0.25) is 0 Å². The maximum absolute atomic E-state index is 5.92. The Hall–Kier alpha value is -1.36. The van der Waals surface area contributed by atoms with E-state index in [1.165, 1.54) is 0 Å². The molecule has 0 saturated carbocycles. The van der Waals surface area contributed by atoms with Gasteiger partial charge in [-0.1, -0.05) is 15.9 Å². The summed E-state index contributed by atoms with van der Waals surface area (Å²) >= 11 is 3.37. The zero-order chi connectivity index (χ0) is 11.0. The fourth-order valence-corrected chi connectivity index (χ4v) is 1.76. The number of nitrogens with two attached hydrogens (primary N) is 1. The highest BCUT2D eigenvalue weighted by molar-refractivity contribution is 9.10. The maximum Gasteiger partial charge on any atom is 0.165 e. The van der Waals surface area contributed by atoms with Crippen molar-refractivity contribution in [3.8, 4) is 11.4 Å². The molecule has 2 aromatic rings. The van der Waals surface area contributed by atoms with E-state index in [2.05, 4.69) is 26.1 Å². The summed E-state index contributed by atoms with van der Waals surface area (Å²) in [4.78, 5) is 0. The molecule has 15 heavy (non-hydrogen) atoms. The van der Waals surface area contributed by atoms with Crippen molar-refractivity contribution in [1.82, 2.24) is 14.8 Å². The Balaban J connectivity index is 2.59. The molecule has 5 heteroatoms. The molecule has 0 fully saturated rings. The van der Waals surface area contributed by atoms with Crippen molar-refractivity contribution < 1.29 is 0 Å². The van der Waals surface area contributed by atoms with Crippen molar-refractivity contribution in [1.29, 1.82) is 0 Å². The topological polar surface area (TPSA) is 56.7 Å². The van der Waals surface area contributed by atoms with Gasteiger partial charge < -0.3 is 10.3 Å². The van der Waals surface area contributed by atoms with E-state index >= 15 is 0 Å². The summed E-state index contributed by atoms with van der Waals surface area (Å²) in [5.41, 5.74) is 7.52. The van der Waals surface area contributed by atoms with Gasteiger partial charge in [-0.2, -0.15) is 0 Å². The van der Waals surface area contributed by atoms with Crippen LogP contribution in [0.15, 0.2) is 22.7 Å². The molecule has 4 nitrogen and oxygen atoms in total. The number of benzene rings is 1.